The van der Waals surface area contributed by atoms with E-state index in [2.05, 4.69) is 17.4 Å². The van der Waals surface area contributed by atoms with Crippen LogP contribution in [0.15, 0.2) is 60.7 Å². The number of benzene rings is 2. The lowest BCUT2D eigenvalue weighted by Crippen LogP contribution is -2.26. The number of ether oxygens (including phenoxy) is 1. The minimum atomic E-state index is -0.570. The van der Waals surface area contributed by atoms with Gasteiger partial charge in [-0.3, -0.25) is 14.9 Å². The molecule has 0 radical (unpaired) electrons. The molecular weight excluding hydrogens is 416 g/mol. The van der Waals surface area contributed by atoms with Gasteiger partial charge in [0.25, 0.3) is 0 Å². The summed E-state index contributed by atoms with van der Waals surface area (Å²) in [6.45, 7) is 0.350. The highest BCUT2D eigenvalue weighted by Crippen LogP contribution is 2.44. The lowest BCUT2D eigenvalue weighted by atomic mass is 9.98. The monoisotopic (exact) mass is 434 g/mol. The fourth-order valence-corrected chi connectivity index (χ4v) is 4.49. The summed E-state index contributed by atoms with van der Waals surface area (Å²) in [7, 11) is 0. The summed E-state index contributed by atoms with van der Waals surface area (Å²) in [6.07, 6.45) is 3.08. The van der Waals surface area contributed by atoms with Crippen LogP contribution in [0.25, 0.3) is 17.2 Å². The number of nitrogens with one attached hydrogen (secondary N) is 1. The van der Waals surface area contributed by atoms with Crippen molar-refractivity contribution in [2.24, 2.45) is 0 Å². The molecule has 0 fully saturated rings. The molecule has 1 N–H and O–H groups in total. The van der Waals surface area contributed by atoms with Crippen LogP contribution in [0.1, 0.15) is 32.3 Å². The highest BCUT2D eigenvalue weighted by Gasteiger charge is 2.28. The molecular formula is C23H18N2O5S. The van der Waals surface area contributed by atoms with E-state index < -0.39 is 11.0 Å². The van der Waals surface area contributed by atoms with Gasteiger partial charge in [-0.2, -0.15) is 0 Å². The summed E-state index contributed by atoms with van der Waals surface area (Å²) in [5, 5.41) is 13.6. The molecule has 4 rings (SSSR count). The predicted octanol–water partition coefficient (Wildman–Crippen LogP) is 5.02. The van der Waals surface area contributed by atoms with Crippen molar-refractivity contribution in [1.82, 2.24) is 5.32 Å². The zero-order valence-electron chi connectivity index (χ0n) is 16.3. The standard InChI is InChI=1S/C23H18N2O5S/c26-13-16-12-15(22(31-16)25(28)29)6-5-11-24-23(27)30-14-21-19-9-3-1-7-17(19)18-8-2-4-10-20(18)21/h1-10,12-13,21H,11,14H2,(H,24,27). The van der Waals surface area contributed by atoms with Crippen molar-refractivity contribution in [3.8, 4) is 11.1 Å². The average Bonchev–Trinajstić information content (AvgIpc) is 3.34. The zero-order valence-corrected chi connectivity index (χ0v) is 17.1. The summed E-state index contributed by atoms with van der Waals surface area (Å²) in [5.41, 5.74) is 4.90. The Kier molecular flexibility index (Phi) is 5.90. The molecule has 0 atom stereocenters. The second-order valence-electron chi connectivity index (χ2n) is 6.89. The Balaban J connectivity index is 1.35. The Morgan fingerprint density at radius 2 is 1.77 bits per heavy atom. The Morgan fingerprint density at radius 3 is 2.39 bits per heavy atom. The van der Waals surface area contributed by atoms with Crippen LogP contribution in [-0.4, -0.2) is 30.5 Å². The van der Waals surface area contributed by atoms with Crippen LogP contribution in [-0.2, 0) is 4.74 Å². The maximum Gasteiger partial charge on any atom is 0.407 e. The number of fused-ring (bicyclic) bond motifs is 3. The van der Waals surface area contributed by atoms with Crippen molar-refractivity contribution < 1.29 is 19.2 Å². The number of nitrogens with zero attached hydrogens (tertiary/aromatic N) is 1. The molecule has 31 heavy (non-hydrogen) atoms. The molecule has 0 bridgehead atoms. The molecule has 156 valence electrons. The Morgan fingerprint density at radius 1 is 1.13 bits per heavy atom. The van der Waals surface area contributed by atoms with Gasteiger partial charge in [0.15, 0.2) is 6.29 Å². The van der Waals surface area contributed by atoms with Gasteiger partial charge >= 0.3 is 11.1 Å². The zero-order chi connectivity index (χ0) is 21.8. The summed E-state index contributed by atoms with van der Waals surface area (Å²) < 4.78 is 5.44. The van der Waals surface area contributed by atoms with Crippen LogP contribution < -0.4 is 5.32 Å². The SMILES string of the molecule is O=Cc1cc(C=CCNC(=O)OCC2c3ccccc3-c3ccccc32)c([N+](=O)[O-])s1. The fraction of sp³-hybridized carbons (Fsp3) is 0.130. The molecule has 0 saturated carbocycles. The second kappa shape index (κ2) is 8.93. The van der Waals surface area contributed by atoms with Crippen LogP contribution in [0.2, 0.25) is 0 Å². The number of hydrogen-bond acceptors (Lipinski definition) is 6. The van der Waals surface area contributed by atoms with Crippen LogP contribution in [0.5, 0.6) is 0 Å². The lowest BCUT2D eigenvalue weighted by molar-refractivity contribution is -0.380. The van der Waals surface area contributed by atoms with Crippen LogP contribution in [0, 0.1) is 10.1 Å². The number of hydrogen-bond donors (Lipinski definition) is 1. The molecule has 7 nitrogen and oxygen atoms in total. The van der Waals surface area contributed by atoms with Crippen molar-refractivity contribution in [1.29, 1.82) is 0 Å². The Hall–Kier alpha value is -3.78. The van der Waals surface area contributed by atoms with Crippen molar-refractivity contribution in [2.75, 3.05) is 13.2 Å². The number of carbonyl (C=O) groups excluding carboxylic acids is 2. The first-order valence-corrected chi connectivity index (χ1v) is 10.4. The van der Waals surface area contributed by atoms with E-state index in [9.17, 15) is 19.7 Å². The number of rotatable bonds is 7. The fourth-order valence-electron chi connectivity index (χ4n) is 3.71. The third-order valence-electron chi connectivity index (χ3n) is 5.05. The Labute approximate surface area is 182 Å². The van der Waals surface area contributed by atoms with E-state index in [1.807, 2.05) is 36.4 Å². The van der Waals surface area contributed by atoms with E-state index in [-0.39, 0.29) is 28.9 Å². The van der Waals surface area contributed by atoms with Gasteiger partial charge < -0.3 is 10.1 Å². The van der Waals surface area contributed by atoms with Gasteiger partial charge in [-0.05, 0) is 34.4 Å². The molecule has 0 unspecified atom stereocenters. The molecule has 1 heterocycles. The molecule has 3 aromatic rings. The largest absolute Gasteiger partial charge is 0.449 e. The molecule has 0 saturated heterocycles. The molecule has 0 aliphatic heterocycles. The highest BCUT2D eigenvalue weighted by molar-refractivity contribution is 7.17. The number of amides is 1. The lowest BCUT2D eigenvalue weighted by Gasteiger charge is -2.14. The molecule has 8 heteroatoms. The van der Waals surface area contributed by atoms with E-state index in [4.69, 9.17) is 4.74 Å². The molecule has 2 aromatic carbocycles. The summed E-state index contributed by atoms with van der Waals surface area (Å²) in [5.74, 6) is -0.0242. The van der Waals surface area contributed by atoms with Gasteiger partial charge in [0.2, 0.25) is 0 Å². The van der Waals surface area contributed by atoms with Crippen LogP contribution in [0.3, 0.4) is 0 Å². The third kappa shape index (κ3) is 4.24. The minimum absolute atomic E-state index is 0.0242. The van der Waals surface area contributed by atoms with Gasteiger partial charge in [-0.15, -0.1) is 0 Å². The maximum atomic E-state index is 12.1. The number of alkyl carbamates (subject to hydrolysis) is 1. The van der Waals surface area contributed by atoms with E-state index >= 15 is 0 Å². The van der Waals surface area contributed by atoms with E-state index in [1.54, 1.807) is 6.08 Å². The number of carbonyl (C=O) groups is 2. The first-order chi connectivity index (χ1) is 15.1. The molecule has 0 spiro atoms. The van der Waals surface area contributed by atoms with Crippen LogP contribution >= 0.6 is 11.3 Å². The van der Waals surface area contributed by atoms with Gasteiger partial charge in [-0.1, -0.05) is 65.9 Å². The van der Waals surface area contributed by atoms with Crippen LogP contribution in [0.4, 0.5) is 9.80 Å². The molecule has 1 aromatic heterocycles. The smallest absolute Gasteiger partial charge is 0.407 e. The first kappa shape index (κ1) is 20.5. The predicted molar refractivity (Wildman–Crippen MR) is 118 cm³/mol. The molecule has 1 aliphatic rings. The van der Waals surface area contributed by atoms with E-state index in [0.29, 0.717) is 11.8 Å². The van der Waals surface area contributed by atoms with Gasteiger partial charge in [-0.25, -0.2) is 4.79 Å². The summed E-state index contributed by atoms with van der Waals surface area (Å²) >= 11 is 0.813. The maximum absolute atomic E-state index is 12.1. The minimum Gasteiger partial charge on any atom is -0.449 e. The molecule has 1 aliphatic carbocycles. The third-order valence-corrected chi connectivity index (χ3v) is 6.07. The second-order valence-corrected chi connectivity index (χ2v) is 7.96. The number of thiophene rings is 1. The first-order valence-electron chi connectivity index (χ1n) is 9.57. The van der Waals surface area contributed by atoms with Crippen molar-refractivity contribution >= 4 is 34.8 Å². The summed E-state index contributed by atoms with van der Waals surface area (Å²) in [6, 6.07) is 17.6. The van der Waals surface area contributed by atoms with E-state index in [1.165, 1.54) is 12.1 Å². The average molecular weight is 434 g/mol. The van der Waals surface area contributed by atoms with Crippen molar-refractivity contribution in [3.63, 3.8) is 0 Å². The number of nitro groups is 1. The van der Waals surface area contributed by atoms with Gasteiger partial charge in [0, 0.05) is 12.5 Å². The highest BCUT2D eigenvalue weighted by atomic mass is 32.1. The van der Waals surface area contributed by atoms with Crippen molar-refractivity contribution in [2.45, 2.75) is 5.92 Å². The molecule has 1 amide bonds. The van der Waals surface area contributed by atoms with Crippen molar-refractivity contribution in [3.05, 3.63) is 92.4 Å². The Bertz CT molecular complexity index is 1140. The van der Waals surface area contributed by atoms with E-state index in [0.717, 1.165) is 33.6 Å². The summed E-state index contributed by atoms with van der Waals surface area (Å²) in [4.78, 5) is 33.8. The number of aldehydes is 1. The normalized spacial score (nSPS) is 12.4. The quantitative estimate of drug-likeness (QED) is 0.320. The topological polar surface area (TPSA) is 98.5 Å². The van der Waals surface area contributed by atoms with Gasteiger partial charge in [0.1, 0.15) is 6.61 Å². The van der Waals surface area contributed by atoms with Gasteiger partial charge in [0.05, 0.1) is 15.4 Å².